The molecule has 0 aromatic heterocycles. The first-order valence-electron chi connectivity index (χ1n) is 4.68. The van der Waals surface area contributed by atoms with Crippen LogP contribution in [0.1, 0.15) is 20.8 Å². The number of primary amides is 1. The molecule has 4 nitrogen and oxygen atoms in total. The van der Waals surface area contributed by atoms with E-state index in [0.717, 1.165) is 5.75 Å². The van der Waals surface area contributed by atoms with Crippen molar-refractivity contribution in [2.75, 3.05) is 12.4 Å². The van der Waals surface area contributed by atoms with Crippen molar-refractivity contribution in [2.24, 2.45) is 11.7 Å². The lowest BCUT2D eigenvalue weighted by atomic mass is 10.1. The summed E-state index contributed by atoms with van der Waals surface area (Å²) in [4.78, 5) is 10.2. The molecule has 0 saturated carbocycles. The zero-order valence-corrected chi connectivity index (χ0v) is 9.60. The van der Waals surface area contributed by atoms with Crippen molar-refractivity contribution in [2.45, 2.75) is 31.8 Å². The Morgan fingerprint density at radius 2 is 2.43 bits per heavy atom. The Morgan fingerprint density at radius 3 is 2.86 bits per heavy atom. The molecule has 0 radical (unpaired) electrons. The van der Waals surface area contributed by atoms with Crippen molar-refractivity contribution < 1.29 is 14.3 Å². The SMILES string of the molecule is CC(C)[C@@]1(C)O[C@H](COC(N)=O)CS1. The maximum atomic E-state index is 10.4. The molecule has 0 unspecified atom stereocenters. The number of amides is 1. The number of hydrogen-bond acceptors (Lipinski definition) is 4. The number of carbonyl (C=O) groups is 1. The summed E-state index contributed by atoms with van der Waals surface area (Å²) in [6.07, 6.45) is -0.767. The maximum absolute atomic E-state index is 10.4. The van der Waals surface area contributed by atoms with Gasteiger partial charge >= 0.3 is 6.09 Å². The van der Waals surface area contributed by atoms with E-state index in [1.54, 1.807) is 11.8 Å². The highest BCUT2D eigenvalue weighted by Gasteiger charge is 2.39. The third-order valence-electron chi connectivity index (χ3n) is 2.42. The number of thioether (sulfide) groups is 1. The Hall–Kier alpha value is -0.420. The van der Waals surface area contributed by atoms with Crippen LogP contribution >= 0.6 is 11.8 Å². The molecule has 2 atom stereocenters. The fourth-order valence-corrected chi connectivity index (χ4v) is 2.44. The highest BCUT2D eigenvalue weighted by molar-refractivity contribution is 8.00. The number of rotatable bonds is 3. The van der Waals surface area contributed by atoms with Crippen LogP contribution < -0.4 is 5.73 Å². The maximum Gasteiger partial charge on any atom is 0.404 e. The summed E-state index contributed by atoms with van der Waals surface area (Å²) in [5, 5.41) is 0. The molecule has 1 aliphatic rings. The van der Waals surface area contributed by atoms with Crippen LogP contribution in [0.25, 0.3) is 0 Å². The van der Waals surface area contributed by atoms with Gasteiger partial charge in [0.1, 0.15) is 17.6 Å². The largest absolute Gasteiger partial charge is 0.447 e. The average Bonchev–Trinajstić information content (AvgIpc) is 2.45. The zero-order chi connectivity index (χ0) is 10.8. The minimum absolute atomic E-state index is 0.0279. The number of nitrogens with two attached hydrogens (primary N) is 1. The quantitative estimate of drug-likeness (QED) is 0.783. The Morgan fingerprint density at radius 1 is 1.79 bits per heavy atom. The van der Waals surface area contributed by atoms with Crippen LogP contribution in [0.5, 0.6) is 0 Å². The number of hydrogen-bond donors (Lipinski definition) is 1. The number of ether oxygens (including phenoxy) is 2. The molecular formula is C9H17NO3S. The summed E-state index contributed by atoms with van der Waals surface area (Å²) < 4.78 is 10.5. The molecule has 0 aromatic carbocycles. The first-order valence-corrected chi connectivity index (χ1v) is 5.66. The van der Waals surface area contributed by atoms with Gasteiger partial charge in [0.05, 0.1) is 0 Å². The van der Waals surface area contributed by atoms with Gasteiger partial charge < -0.3 is 15.2 Å². The Labute approximate surface area is 88.5 Å². The van der Waals surface area contributed by atoms with E-state index < -0.39 is 6.09 Å². The van der Waals surface area contributed by atoms with Crippen LogP contribution in [0.4, 0.5) is 4.79 Å². The van der Waals surface area contributed by atoms with E-state index in [9.17, 15) is 4.79 Å². The lowest BCUT2D eigenvalue weighted by Crippen LogP contribution is -2.31. The third-order valence-corrected chi connectivity index (χ3v) is 4.10. The second-order valence-corrected chi connectivity index (χ2v) is 5.28. The van der Waals surface area contributed by atoms with Crippen LogP contribution in [0.3, 0.4) is 0 Å². The molecule has 2 N–H and O–H groups in total. The van der Waals surface area contributed by atoms with Gasteiger partial charge in [-0.2, -0.15) is 0 Å². The second-order valence-electron chi connectivity index (χ2n) is 3.85. The summed E-state index contributed by atoms with van der Waals surface area (Å²) in [6, 6.07) is 0. The van der Waals surface area contributed by atoms with Gasteiger partial charge in [-0.1, -0.05) is 13.8 Å². The predicted molar refractivity (Wildman–Crippen MR) is 56.1 cm³/mol. The van der Waals surface area contributed by atoms with E-state index in [0.29, 0.717) is 5.92 Å². The van der Waals surface area contributed by atoms with E-state index in [2.05, 4.69) is 20.8 Å². The molecule has 82 valence electrons. The molecule has 1 saturated heterocycles. The second kappa shape index (κ2) is 4.40. The summed E-state index contributed by atoms with van der Waals surface area (Å²) in [5.74, 6) is 1.29. The van der Waals surface area contributed by atoms with Gasteiger partial charge in [-0.05, 0) is 12.8 Å². The summed E-state index contributed by atoms with van der Waals surface area (Å²) in [7, 11) is 0. The van der Waals surface area contributed by atoms with E-state index in [-0.39, 0.29) is 17.6 Å². The van der Waals surface area contributed by atoms with Crippen molar-refractivity contribution in [3.8, 4) is 0 Å². The van der Waals surface area contributed by atoms with E-state index in [4.69, 9.17) is 15.2 Å². The molecule has 1 amide bonds. The summed E-state index contributed by atoms with van der Waals surface area (Å²) in [5.41, 5.74) is 4.87. The van der Waals surface area contributed by atoms with Crippen molar-refractivity contribution in [3.05, 3.63) is 0 Å². The van der Waals surface area contributed by atoms with Crippen LogP contribution in [-0.4, -0.2) is 29.5 Å². The summed E-state index contributed by atoms with van der Waals surface area (Å²) in [6.45, 7) is 6.55. The molecule has 1 rings (SSSR count). The van der Waals surface area contributed by atoms with Crippen molar-refractivity contribution >= 4 is 17.9 Å². The van der Waals surface area contributed by atoms with Gasteiger partial charge in [-0.3, -0.25) is 0 Å². The van der Waals surface area contributed by atoms with Crippen molar-refractivity contribution in [3.63, 3.8) is 0 Å². The lowest BCUT2D eigenvalue weighted by molar-refractivity contribution is -0.0457. The van der Waals surface area contributed by atoms with E-state index in [1.807, 2.05) is 0 Å². The van der Waals surface area contributed by atoms with Gasteiger partial charge in [-0.25, -0.2) is 4.79 Å². The van der Waals surface area contributed by atoms with Gasteiger partial charge in [-0.15, -0.1) is 11.8 Å². The monoisotopic (exact) mass is 219 g/mol. The predicted octanol–water partition coefficient (Wildman–Crippen LogP) is 1.59. The lowest BCUT2D eigenvalue weighted by Gasteiger charge is -2.27. The van der Waals surface area contributed by atoms with Crippen LogP contribution in [-0.2, 0) is 9.47 Å². The standard InChI is InChI=1S/C9H17NO3S/c1-6(2)9(3)13-7(5-14-9)4-12-8(10)11/h6-7H,4-5H2,1-3H3,(H2,10,11)/t7-,9+/m1/s1. The normalized spacial score (nSPS) is 32.1. The first kappa shape index (κ1) is 11.7. The minimum Gasteiger partial charge on any atom is -0.447 e. The molecule has 1 heterocycles. The average molecular weight is 219 g/mol. The van der Waals surface area contributed by atoms with E-state index in [1.165, 1.54) is 0 Å². The Kier molecular flexibility index (Phi) is 3.66. The molecule has 0 spiro atoms. The highest BCUT2D eigenvalue weighted by atomic mass is 32.2. The van der Waals surface area contributed by atoms with Crippen LogP contribution in [0.2, 0.25) is 0 Å². The molecular weight excluding hydrogens is 202 g/mol. The van der Waals surface area contributed by atoms with E-state index >= 15 is 0 Å². The Bertz CT molecular complexity index is 222. The molecule has 0 aromatic rings. The minimum atomic E-state index is -0.739. The molecule has 1 fully saturated rings. The molecule has 0 bridgehead atoms. The van der Waals surface area contributed by atoms with Crippen molar-refractivity contribution in [1.29, 1.82) is 0 Å². The first-order chi connectivity index (χ1) is 6.44. The Balaban J connectivity index is 2.37. The highest BCUT2D eigenvalue weighted by Crippen LogP contribution is 2.41. The van der Waals surface area contributed by atoms with Crippen LogP contribution in [0.15, 0.2) is 0 Å². The fourth-order valence-electron chi connectivity index (χ4n) is 1.22. The molecule has 0 aliphatic carbocycles. The fraction of sp³-hybridized carbons (Fsp3) is 0.889. The van der Waals surface area contributed by atoms with Crippen molar-refractivity contribution in [1.82, 2.24) is 0 Å². The summed E-state index contributed by atoms with van der Waals surface area (Å²) >= 11 is 1.76. The zero-order valence-electron chi connectivity index (χ0n) is 8.78. The van der Waals surface area contributed by atoms with Gasteiger partial charge in [0.2, 0.25) is 0 Å². The topological polar surface area (TPSA) is 61.6 Å². The van der Waals surface area contributed by atoms with Gasteiger partial charge in [0.25, 0.3) is 0 Å². The molecule has 14 heavy (non-hydrogen) atoms. The molecule has 1 aliphatic heterocycles. The molecule has 5 heteroatoms. The van der Waals surface area contributed by atoms with Crippen LogP contribution in [0, 0.1) is 5.92 Å². The van der Waals surface area contributed by atoms with Gasteiger partial charge in [0, 0.05) is 5.75 Å². The smallest absolute Gasteiger partial charge is 0.404 e. The number of carbonyl (C=O) groups excluding carboxylic acids is 1. The third kappa shape index (κ3) is 2.78. The van der Waals surface area contributed by atoms with Gasteiger partial charge in [0.15, 0.2) is 0 Å².